The zero-order chi connectivity index (χ0) is 20.8. The Kier molecular flexibility index (Phi) is 6.84. The van der Waals surface area contributed by atoms with Gasteiger partial charge in [-0.15, -0.1) is 11.3 Å². The zero-order valence-electron chi connectivity index (χ0n) is 15.4. The molecule has 150 valence electrons. The quantitative estimate of drug-likeness (QED) is 0.650. The van der Waals surface area contributed by atoms with Gasteiger partial charge in [0.2, 0.25) is 11.8 Å². The molecule has 0 spiro atoms. The maximum absolute atomic E-state index is 12.8. The number of thioether (sulfide) groups is 1. The van der Waals surface area contributed by atoms with Crippen molar-refractivity contribution >= 4 is 52.1 Å². The molecular weight excluding hydrogens is 410 g/mol. The average molecular weight is 430 g/mol. The monoisotopic (exact) mass is 429 g/mol. The first kappa shape index (κ1) is 20.8. The highest BCUT2D eigenvalue weighted by molar-refractivity contribution is 8.18. The number of amides is 4. The van der Waals surface area contributed by atoms with Gasteiger partial charge in [0.25, 0.3) is 11.1 Å². The first-order valence-corrected chi connectivity index (χ1v) is 10.5. The van der Waals surface area contributed by atoms with Crippen LogP contribution in [0, 0.1) is 0 Å². The van der Waals surface area contributed by atoms with Gasteiger partial charge < -0.3 is 10.6 Å². The molecule has 1 aliphatic rings. The number of primary amides is 1. The van der Waals surface area contributed by atoms with Gasteiger partial charge in [-0.3, -0.25) is 24.1 Å². The third kappa shape index (κ3) is 5.55. The van der Waals surface area contributed by atoms with Crippen molar-refractivity contribution in [2.45, 2.75) is 13.0 Å². The minimum absolute atomic E-state index is 0.00124. The molecule has 29 heavy (non-hydrogen) atoms. The molecular formula is C20H19N3O4S2. The number of benzene rings is 1. The summed E-state index contributed by atoms with van der Waals surface area (Å²) in [5.74, 6) is -1.44. The van der Waals surface area contributed by atoms with Gasteiger partial charge in [0, 0.05) is 24.4 Å². The van der Waals surface area contributed by atoms with Crippen molar-refractivity contribution in [1.82, 2.24) is 9.80 Å². The summed E-state index contributed by atoms with van der Waals surface area (Å²) in [6.45, 7) is -0.00340. The third-order valence-electron chi connectivity index (χ3n) is 4.18. The summed E-state index contributed by atoms with van der Waals surface area (Å²) in [7, 11) is 0. The summed E-state index contributed by atoms with van der Waals surface area (Å²) < 4.78 is 0. The highest BCUT2D eigenvalue weighted by Crippen LogP contribution is 2.32. The van der Waals surface area contributed by atoms with Crippen molar-refractivity contribution in [3.8, 4) is 0 Å². The molecule has 0 saturated carbocycles. The van der Waals surface area contributed by atoms with Crippen molar-refractivity contribution in [1.29, 1.82) is 0 Å². The Morgan fingerprint density at radius 2 is 1.86 bits per heavy atom. The first-order valence-electron chi connectivity index (χ1n) is 8.83. The minimum Gasteiger partial charge on any atom is -0.370 e. The van der Waals surface area contributed by atoms with Gasteiger partial charge in [0.05, 0.1) is 4.91 Å². The summed E-state index contributed by atoms with van der Waals surface area (Å²) in [6.07, 6.45) is 1.65. The van der Waals surface area contributed by atoms with E-state index in [9.17, 15) is 19.2 Å². The molecule has 1 aliphatic heterocycles. The lowest BCUT2D eigenvalue weighted by atomic mass is 10.2. The largest absolute Gasteiger partial charge is 0.370 e. The Morgan fingerprint density at radius 3 is 2.52 bits per heavy atom. The molecule has 1 saturated heterocycles. The fourth-order valence-electron chi connectivity index (χ4n) is 2.72. The second kappa shape index (κ2) is 9.53. The number of nitrogens with two attached hydrogens (primary N) is 1. The number of carbonyl (C=O) groups excluding carboxylic acids is 4. The van der Waals surface area contributed by atoms with Crippen molar-refractivity contribution in [2.75, 3.05) is 13.1 Å². The van der Waals surface area contributed by atoms with E-state index in [-0.39, 0.29) is 31.0 Å². The summed E-state index contributed by atoms with van der Waals surface area (Å²) >= 11 is 2.27. The minimum atomic E-state index is -0.527. The van der Waals surface area contributed by atoms with E-state index in [0.717, 1.165) is 27.1 Å². The highest BCUT2D eigenvalue weighted by Gasteiger charge is 2.37. The lowest BCUT2D eigenvalue weighted by molar-refractivity contribution is -0.136. The lowest BCUT2D eigenvalue weighted by Gasteiger charge is -2.24. The highest BCUT2D eigenvalue weighted by atomic mass is 32.2. The molecule has 2 aromatic rings. The Bertz CT molecular complexity index is 942. The van der Waals surface area contributed by atoms with Crippen LogP contribution in [0.4, 0.5) is 4.79 Å². The maximum atomic E-state index is 12.8. The Morgan fingerprint density at radius 1 is 1.10 bits per heavy atom. The number of imide groups is 1. The average Bonchev–Trinajstić information content (AvgIpc) is 3.30. The van der Waals surface area contributed by atoms with Crippen LogP contribution in [-0.4, -0.2) is 45.9 Å². The SMILES string of the molecule is NC(=O)CCN(Cc1ccccc1)C(=O)CN1C(=O)S/C(=C\c2cccs2)C1=O. The molecule has 3 rings (SSSR count). The Hall–Kier alpha value is -2.91. The normalized spacial score (nSPS) is 15.2. The molecule has 1 aromatic heterocycles. The van der Waals surface area contributed by atoms with Crippen LogP contribution >= 0.6 is 23.1 Å². The van der Waals surface area contributed by atoms with Crippen LogP contribution in [0.25, 0.3) is 6.08 Å². The lowest BCUT2D eigenvalue weighted by Crippen LogP contribution is -2.42. The van der Waals surface area contributed by atoms with Crippen molar-refractivity contribution in [3.63, 3.8) is 0 Å². The van der Waals surface area contributed by atoms with E-state index < -0.39 is 23.0 Å². The molecule has 2 N–H and O–H groups in total. The topological polar surface area (TPSA) is 101 Å². The molecule has 1 aromatic carbocycles. The van der Waals surface area contributed by atoms with Crippen molar-refractivity contribution in [2.24, 2.45) is 5.73 Å². The number of carbonyl (C=O) groups is 4. The summed E-state index contributed by atoms with van der Waals surface area (Å²) in [6, 6.07) is 13.0. The molecule has 0 atom stereocenters. The number of hydrogen-bond acceptors (Lipinski definition) is 6. The van der Waals surface area contributed by atoms with Crippen LogP contribution in [0.1, 0.15) is 16.9 Å². The van der Waals surface area contributed by atoms with Gasteiger partial charge in [0.1, 0.15) is 6.54 Å². The Labute approximate surface area is 176 Å². The van der Waals surface area contributed by atoms with E-state index in [0.29, 0.717) is 0 Å². The van der Waals surface area contributed by atoms with Crippen LogP contribution in [-0.2, 0) is 20.9 Å². The van der Waals surface area contributed by atoms with Gasteiger partial charge >= 0.3 is 0 Å². The summed E-state index contributed by atoms with van der Waals surface area (Å²) in [4.78, 5) is 52.4. The van der Waals surface area contributed by atoms with Crippen molar-refractivity contribution < 1.29 is 19.2 Å². The predicted octanol–water partition coefficient (Wildman–Crippen LogP) is 2.69. The Balaban J connectivity index is 1.71. The van der Waals surface area contributed by atoms with Crippen LogP contribution in [0.2, 0.25) is 0 Å². The molecule has 2 heterocycles. The van der Waals surface area contributed by atoms with E-state index in [2.05, 4.69) is 0 Å². The van der Waals surface area contributed by atoms with E-state index >= 15 is 0 Å². The van der Waals surface area contributed by atoms with E-state index in [1.807, 2.05) is 47.8 Å². The number of rotatable bonds is 8. The fourth-order valence-corrected chi connectivity index (χ4v) is 4.28. The van der Waals surface area contributed by atoms with Crippen LogP contribution in [0.5, 0.6) is 0 Å². The third-order valence-corrected chi connectivity index (χ3v) is 5.91. The molecule has 0 unspecified atom stereocenters. The number of hydrogen-bond donors (Lipinski definition) is 1. The van der Waals surface area contributed by atoms with Crippen LogP contribution in [0.15, 0.2) is 52.7 Å². The smallest absolute Gasteiger partial charge is 0.294 e. The molecule has 9 heteroatoms. The fraction of sp³-hybridized carbons (Fsp3) is 0.200. The molecule has 4 amide bonds. The second-order valence-corrected chi connectivity index (χ2v) is 8.27. The van der Waals surface area contributed by atoms with E-state index in [1.165, 1.54) is 16.2 Å². The molecule has 0 aliphatic carbocycles. The van der Waals surface area contributed by atoms with Crippen LogP contribution in [0.3, 0.4) is 0 Å². The molecule has 1 fully saturated rings. The summed E-state index contributed by atoms with van der Waals surface area (Å²) in [5, 5.41) is 1.39. The van der Waals surface area contributed by atoms with E-state index in [1.54, 1.807) is 6.08 Å². The number of thiophene rings is 1. The standard InChI is InChI=1S/C20H19N3O4S2/c21-17(24)8-9-22(12-14-5-2-1-3-6-14)18(25)13-23-19(26)16(29-20(23)27)11-15-7-4-10-28-15/h1-7,10-11H,8-9,12-13H2,(H2,21,24)/b16-11-. The number of nitrogens with zero attached hydrogens (tertiary/aromatic N) is 2. The van der Waals surface area contributed by atoms with Gasteiger partial charge in [-0.25, -0.2) is 0 Å². The molecule has 0 bridgehead atoms. The van der Waals surface area contributed by atoms with Gasteiger partial charge in [-0.1, -0.05) is 36.4 Å². The molecule has 7 nitrogen and oxygen atoms in total. The van der Waals surface area contributed by atoms with E-state index in [4.69, 9.17) is 5.73 Å². The summed E-state index contributed by atoms with van der Waals surface area (Å²) in [5.41, 5.74) is 6.09. The van der Waals surface area contributed by atoms with Gasteiger partial charge in [-0.2, -0.15) is 0 Å². The first-order chi connectivity index (χ1) is 13.9. The van der Waals surface area contributed by atoms with Gasteiger partial charge in [0.15, 0.2) is 0 Å². The van der Waals surface area contributed by atoms with Crippen LogP contribution < -0.4 is 5.73 Å². The second-order valence-electron chi connectivity index (χ2n) is 6.30. The molecule has 0 radical (unpaired) electrons. The predicted molar refractivity (Wildman–Crippen MR) is 113 cm³/mol. The van der Waals surface area contributed by atoms with Crippen molar-refractivity contribution in [3.05, 3.63) is 63.2 Å². The zero-order valence-corrected chi connectivity index (χ0v) is 17.1. The maximum Gasteiger partial charge on any atom is 0.294 e. The van der Waals surface area contributed by atoms with Gasteiger partial charge in [-0.05, 0) is 34.8 Å².